The van der Waals surface area contributed by atoms with Crippen LogP contribution in [0.3, 0.4) is 0 Å². The summed E-state index contributed by atoms with van der Waals surface area (Å²) >= 11 is 0. The van der Waals surface area contributed by atoms with Crippen LogP contribution in [-0.2, 0) is 9.59 Å². The van der Waals surface area contributed by atoms with Crippen molar-refractivity contribution in [2.45, 2.75) is 0 Å². The molecule has 0 fully saturated rings. The van der Waals surface area contributed by atoms with E-state index in [0.29, 0.717) is 17.5 Å². The van der Waals surface area contributed by atoms with Gasteiger partial charge in [-0.1, -0.05) is 6.07 Å². The minimum absolute atomic E-state index is 0.277. The SMILES string of the molecule is O=C(O)/C=C/C(=O)Nc1cccc(C(=O)Nc2ccc(F)cc2)c1. The van der Waals surface area contributed by atoms with E-state index in [0.717, 1.165) is 6.08 Å². The Balaban J connectivity index is 2.06. The molecule has 0 aliphatic heterocycles. The van der Waals surface area contributed by atoms with Crippen LogP contribution in [-0.4, -0.2) is 22.9 Å². The van der Waals surface area contributed by atoms with E-state index in [-0.39, 0.29) is 5.56 Å². The fraction of sp³-hybridized carbons (Fsp3) is 0. The summed E-state index contributed by atoms with van der Waals surface area (Å²) in [4.78, 5) is 34.0. The molecular weight excluding hydrogens is 315 g/mol. The van der Waals surface area contributed by atoms with Crippen LogP contribution in [0.15, 0.2) is 60.7 Å². The number of nitrogens with one attached hydrogen (secondary N) is 2. The molecule has 6 nitrogen and oxygen atoms in total. The molecule has 0 aromatic heterocycles. The van der Waals surface area contributed by atoms with Gasteiger partial charge in [-0.25, -0.2) is 9.18 Å². The van der Waals surface area contributed by atoms with Gasteiger partial charge in [-0.15, -0.1) is 0 Å². The van der Waals surface area contributed by atoms with Crippen LogP contribution in [0.1, 0.15) is 10.4 Å². The summed E-state index contributed by atoms with van der Waals surface area (Å²) in [5.41, 5.74) is 1.04. The van der Waals surface area contributed by atoms with Crippen LogP contribution in [0.25, 0.3) is 0 Å². The molecule has 2 aromatic carbocycles. The smallest absolute Gasteiger partial charge is 0.328 e. The molecule has 0 bridgehead atoms. The lowest BCUT2D eigenvalue weighted by Gasteiger charge is -2.07. The number of amides is 2. The van der Waals surface area contributed by atoms with Crippen LogP contribution < -0.4 is 10.6 Å². The molecule has 24 heavy (non-hydrogen) atoms. The number of carbonyl (C=O) groups is 3. The quantitative estimate of drug-likeness (QED) is 0.735. The lowest BCUT2D eigenvalue weighted by molar-refractivity contribution is -0.131. The molecule has 0 radical (unpaired) electrons. The maximum atomic E-state index is 12.8. The molecule has 3 N–H and O–H groups in total. The molecule has 2 aromatic rings. The van der Waals surface area contributed by atoms with Crippen molar-refractivity contribution in [3.63, 3.8) is 0 Å². The molecule has 7 heteroatoms. The second kappa shape index (κ2) is 7.68. The van der Waals surface area contributed by atoms with Crippen LogP contribution in [0.5, 0.6) is 0 Å². The van der Waals surface area contributed by atoms with Gasteiger partial charge in [0.2, 0.25) is 5.91 Å². The molecule has 0 spiro atoms. The maximum Gasteiger partial charge on any atom is 0.328 e. The standard InChI is InChI=1S/C17H13FN2O4/c18-12-4-6-13(7-5-12)20-17(24)11-2-1-3-14(10-11)19-15(21)8-9-16(22)23/h1-10H,(H,19,21)(H,20,24)(H,22,23)/b9-8+. The summed E-state index contributed by atoms with van der Waals surface area (Å²) in [7, 11) is 0. The summed E-state index contributed by atoms with van der Waals surface area (Å²) in [5, 5.41) is 13.5. The molecule has 0 heterocycles. The van der Waals surface area contributed by atoms with Gasteiger partial charge in [0, 0.05) is 29.1 Å². The highest BCUT2D eigenvalue weighted by Gasteiger charge is 2.08. The molecule has 122 valence electrons. The first-order valence-corrected chi connectivity index (χ1v) is 6.83. The van der Waals surface area contributed by atoms with Crippen LogP contribution in [0.2, 0.25) is 0 Å². The normalized spacial score (nSPS) is 10.4. The van der Waals surface area contributed by atoms with Gasteiger partial charge in [0.1, 0.15) is 5.82 Å². The van der Waals surface area contributed by atoms with E-state index in [2.05, 4.69) is 10.6 Å². The predicted octanol–water partition coefficient (Wildman–Crippen LogP) is 2.66. The molecule has 2 rings (SSSR count). The lowest BCUT2D eigenvalue weighted by Crippen LogP contribution is -2.13. The number of aliphatic carboxylic acids is 1. The number of halogens is 1. The van der Waals surface area contributed by atoms with Crippen molar-refractivity contribution < 1.29 is 23.9 Å². The lowest BCUT2D eigenvalue weighted by atomic mass is 10.1. The molecule has 0 aliphatic rings. The van der Waals surface area contributed by atoms with Crippen molar-refractivity contribution >= 4 is 29.2 Å². The molecule has 0 saturated heterocycles. The van der Waals surface area contributed by atoms with Gasteiger partial charge >= 0.3 is 5.97 Å². The van der Waals surface area contributed by atoms with Gasteiger partial charge in [0.25, 0.3) is 5.91 Å². The second-order valence-electron chi connectivity index (χ2n) is 4.70. The van der Waals surface area contributed by atoms with Crippen molar-refractivity contribution in [3.8, 4) is 0 Å². The fourth-order valence-electron chi connectivity index (χ4n) is 1.81. The van der Waals surface area contributed by atoms with Crippen molar-refractivity contribution in [1.82, 2.24) is 0 Å². The van der Waals surface area contributed by atoms with E-state index in [1.54, 1.807) is 18.2 Å². The molecule has 0 unspecified atom stereocenters. The number of anilines is 2. The number of carboxylic acid groups (broad SMARTS) is 1. The van der Waals surface area contributed by atoms with Gasteiger partial charge in [-0.2, -0.15) is 0 Å². The Morgan fingerprint density at radius 2 is 1.62 bits per heavy atom. The first-order chi connectivity index (χ1) is 11.4. The van der Waals surface area contributed by atoms with Crippen molar-refractivity contribution in [2.24, 2.45) is 0 Å². The predicted molar refractivity (Wildman–Crippen MR) is 86.2 cm³/mol. The topological polar surface area (TPSA) is 95.5 Å². The summed E-state index contributed by atoms with van der Waals surface area (Å²) in [6.45, 7) is 0. The highest BCUT2D eigenvalue weighted by molar-refractivity contribution is 6.06. The Morgan fingerprint density at radius 3 is 2.29 bits per heavy atom. The van der Waals surface area contributed by atoms with Gasteiger partial charge in [-0.05, 0) is 42.5 Å². The Kier molecular flexibility index (Phi) is 5.40. The van der Waals surface area contributed by atoms with E-state index in [9.17, 15) is 18.8 Å². The third-order valence-corrected chi connectivity index (χ3v) is 2.87. The number of hydrogen-bond donors (Lipinski definition) is 3. The average Bonchev–Trinajstić information content (AvgIpc) is 2.55. The van der Waals surface area contributed by atoms with Crippen LogP contribution in [0, 0.1) is 5.82 Å². The summed E-state index contributed by atoms with van der Waals surface area (Å²) < 4.78 is 12.8. The van der Waals surface area contributed by atoms with Gasteiger partial charge in [0.05, 0.1) is 0 Å². The number of hydrogen-bond acceptors (Lipinski definition) is 3. The highest BCUT2D eigenvalue weighted by atomic mass is 19.1. The van der Waals surface area contributed by atoms with E-state index in [1.165, 1.54) is 30.3 Å². The molecule has 0 saturated carbocycles. The zero-order valence-electron chi connectivity index (χ0n) is 12.3. The summed E-state index contributed by atoms with van der Waals surface area (Å²) in [6, 6.07) is 11.4. The first kappa shape index (κ1) is 16.9. The van der Waals surface area contributed by atoms with Crippen molar-refractivity contribution in [2.75, 3.05) is 10.6 Å². The Hall–Kier alpha value is -3.48. The van der Waals surface area contributed by atoms with E-state index in [1.807, 2.05) is 0 Å². The highest BCUT2D eigenvalue weighted by Crippen LogP contribution is 2.14. The zero-order valence-corrected chi connectivity index (χ0v) is 12.3. The maximum absolute atomic E-state index is 12.8. The molecule has 0 atom stereocenters. The van der Waals surface area contributed by atoms with Gasteiger partial charge in [0.15, 0.2) is 0 Å². The van der Waals surface area contributed by atoms with Gasteiger partial charge < -0.3 is 15.7 Å². The number of carboxylic acids is 1. The fourth-order valence-corrected chi connectivity index (χ4v) is 1.81. The van der Waals surface area contributed by atoms with E-state index >= 15 is 0 Å². The van der Waals surface area contributed by atoms with E-state index in [4.69, 9.17) is 5.11 Å². The molecule has 0 aliphatic carbocycles. The average molecular weight is 328 g/mol. The Labute approximate surface area is 136 Å². The monoisotopic (exact) mass is 328 g/mol. The molecule has 2 amide bonds. The Bertz CT molecular complexity index is 800. The third kappa shape index (κ3) is 5.06. The summed E-state index contributed by atoms with van der Waals surface area (Å²) in [6.07, 6.45) is 1.58. The summed E-state index contributed by atoms with van der Waals surface area (Å²) in [5.74, 6) is -2.71. The molecular formula is C17H13FN2O4. The Morgan fingerprint density at radius 1 is 0.917 bits per heavy atom. The zero-order chi connectivity index (χ0) is 17.5. The minimum atomic E-state index is -1.24. The number of benzene rings is 2. The van der Waals surface area contributed by atoms with E-state index < -0.39 is 23.6 Å². The second-order valence-corrected chi connectivity index (χ2v) is 4.70. The van der Waals surface area contributed by atoms with Crippen LogP contribution >= 0.6 is 0 Å². The largest absolute Gasteiger partial charge is 0.478 e. The van der Waals surface area contributed by atoms with Gasteiger partial charge in [-0.3, -0.25) is 9.59 Å². The minimum Gasteiger partial charge on any atom is -0.478 e. The van der Waals surface area contributed by atoms with Crippen molar-refractivity contribution in [1.29, 1.82) is 0 Å². The third-order valence-electron chi connectivity index (χ3n) is 2.87. The number of carbonyl (C=O) groups excluding carboxylic acids is 2. The van der Waals surface area contributed by atoms with Crippen LogP contribution in [0.4, 0.5) is 15.8 Å². The first-order valence-electron chi connectivity index (χ1n) is 6.83. The number of rotatable bonds is 5. The van der Waals surface area contributed by atoms with Crippen molar-refractivity contribution in [3.05, 3.63) is 72.1 Å².